The van der Waals surface area contributed by atoms with Crippen LogP contribution in [0.15, 0.2) is 45.3 Å². The molecule has 0 amide bonds. The molecular weight excluding hydrogens is 389 g/mol. The summed E-state index contributed by atoms with van der Waals surface area (Å²) in [6.45, 7) is 0. The zero-order chi connectivity index (χ0) is 14.3. The van der Waals surface area contributed by atoms with E-state index in [9.17, 15) is 4.39 Å². The highest BCUT2D eigenvalue weighted by atomic mass is 79.9. The van der Waals surface area contributed by atoms with Crippen molar-refractivity contribution in [2.45, 2.75) is 18.6 Å². The van der Waals surface area contributed by atoms with E-state index in [1.807, 2.05) is 24.3 Å². The molecule has 2 aromatic rings. The number of rotatable bonds is 1. The second kappa shape index (κ2) is 5.47. The average molecular weight is 401 g/mol. The Morgan fingerprint density at radius 1 is 1.05 bits per heavy atom. The van der Waals surface area contributed by atoms with E-state index in [0.29, 0.717) is 22.2 Å². The Morgan fingerprint density at radius 2 is 1.70 bits per heavy atom. The van der Waals surface area contributed by atoms with Crippen LogP contribution >= 0.6 is 31.9 Å². The summed E-state index contributed by atoms with van der Waals surface area (Å²) in [5.74, 6) is 0.431. The normalized spacial score (nSPS) is 21.2. The Morgan fingerprint density at radius 3 is 2.40 bits per heavy atom. The van der Waals surface area contributed by atoms with E-state index in [1.54, 1.807) is 6.07 Å². The van der Waals surface area contributed by atoms with Gasteiger partial charge in [0.1, 0.15) is 17.7 Å². The number of fused-ring (bicyclic) bond motifs is 1. The van der Waals surface area contributed by atoms with Crippen molar-refractivity contribution in [3.8, 4) is 5.75 Å². The van der Waals surface area contributed by atoms with Gasteiger partial charge in [0.15, 0.2) is 0 Å². The standard InChI is InChI=1S/C15H12Br2FNO/c16-8-1-3-10(12(18)5-8)15-7-13(19)11-4-2-9(17)6-14(11)20-15/h1-6,13,15H,7,19H2. The molecule has 3 rings (SSSR count). The van der Waals surface area contributed by atoms with Crippen LogP contribution < -0.4 is 10.5 Å². The molecule has 2 nitrogen and oxygen atoms in total. The second-order valence-corrected chi connectivity index (χ2v) is 6.63. The van der Waals surface area contributed by atoms with Crippen LogP contribution in [0.2, 0.25) is 0 Å². The summed E-state index contributed by atoms with van der Waals surface area (Å²) in [5.41, 5.74) is 7.67. The minimum atomic E-state index is -0.361. The van der Waals surface area contributed by atoms with Crippen molar-refractivity contribution in [1.82, 2.24) is 0 Å². The van der Waals surface area contributed by atoms with Crippen LogP contribution in [0.3, 0.4) is 0 Å². The molecule has 2 atom stereocenters. The molecule has 0 aliphatic carbocycles. The Hall–Kier alpha value is -0.910. The molecule has 0 spiro atoms. The third-order valence-electron chi connectivity index (χ3n) is 3.42. The van der Waals surface area contributed by atoms with E-state index in [2.05, 4.69) is 31.9 Å². The fraction of sp³-hybridized carbons (Fsp3) is 0.200. The molecular formula is C15H12Br2FNO. The maximum Gasteiger partial charge on any atom is 0.131 e. The minimum Gasteiger partial charge on any atom is -0.485 e. The number of hydrogen-bond donors (Lipinski definition) is 1. The molecule has 104 valence electrons. The Bertz CT molecular complexity index is 662. The third-order valence-corrected chi connectivity index (χ3v) is 4.41. The van der Waals surface area contributed by atoms with Gasteiger partial charge in [0, 0.05) is 32.5 Å². The average Bonchev–Trinajstić information content (AvgIpc) is 2.37. The molecule has 5 heteroatoms. The number of ether oxygens (including phenoxy) is 1. The highest BCUT2D eigenvalue weighted by molar-refractivity contribution is 9.10. The van der Waals surface area contributed by atoms with E-state index in [0.717, 1.165) is 10.0 Å². The Labute approximate surface area is 133 Å². The predicted octanol–water partition coefficient (Wildman–Crippen LogP) is 4.87. The van der Waals surface area contributed by atoms with Gasteiger partial charge in [-0.2, -0.15) is 0 Å². The number of nitrogens with two attached hydrogens (primary N) is 1. The van der Waals surface area contributed by atoms with Crippen LogP contribution in [0.4, 0.5) is 4.39 Å². The fourth-order valence-corrected chi connectivity index (χ4v) is 3.10. The summed E-state index contributed by atoms with van der Waals surface area (Å²) in [6.07, 6.45) is 0.201. The maximum atomic E-state index is 14.1. The molecule has 2 N–H and O–H groups in total. The first kappa shape index (κ1) is 14.0. The van der Waals surface area contributed by atoms with Gasteiger partial charge in [-0.15, -0.1) is 0 Å². The molecule has 1 aliphatic heterocycles. The van der Waals surface area contributed by atoms with Gasteiger partial charge in [0.2, 0.25) is 0 Å². The zero-order valence-electron chi connectivity index (χ0n) is 10.4. The van der Waals surface area contributed by atoms with Gasteiger partial charge in [0.05, 0.1) is 0 Å². The van der Waals surface area contributed by atoms with Crippen LogP contribution in [0.5, 0.6) is 5.75 Å². The first-order chi connectivity index (χ1) is 9.54. The Balaban J connectivity index is 1.98. The zero-order valence-corrected chi connectivity index (χ0v) is 13.6. The van der Waals surface area contributed by atoms with Crippen LogP contribution in [0.25, 0.3) is 0 Å². The monoisotopic (exact) mass is 399 g/mol. The first-order valence-electron chi connectivity index (χ1n) is 6.21. The maximum absolute atomic E-state index is 14.1. The van der Waals surface area contributed by atoms with Crippen molar-refractivity contribution < 1.29 is 9.13 Å². The summed E-state index contributed by atoms with van der Waals surface area (Å²) >= 11 is 6.67. The predicted molar refractivity (Wildman–Crippen MR) is 83.2 cm³/mol. The summed E-state index contributed by atoms with van der Waals surface area (Å²) in [6, 6.07) is 10.6. The highest BCUT2D eigenvalue weighted by Crippen LogP contribution is 2.41. The van der Waals surface area contributed by atoms with Crippen molar-refractivity contribution in [2.24, 2.45) is 5.73 Å². The van der Waals surface area contributed by atoms with E-state index < -0.39 is 0 Å². The van der Waals surface area contributed by atoms with E-state index in [-0.39, 0.29) is 18.0 Å². The lowest BCUT2D eigenvalue weighted by molar-refractivity contribution is 0.157. The molecule has 0 saturated heterocycles. The highest BCUT2D eigenvalue weighted by Gasteiger charge is 2.28. The van der Waals surface area contributed by atoms with E-state index >= 15 is 0 Å². The number of halogens is 3. The van der Waals surface area contributed by atoms with Crippen molar-refractivity contribution in [1.29, 1.82) is 0 Å². The molecule has 2 unspecified atom stereocenters. The van der Waals surface area contributed by atoms with Crippen LogP contribution in [-0.2, 0) is 0 Å². The summed E-state index contributed by atoms with van der Waals surface area (Å²) < 4.78 is 21.6. The van der Waals surface area contributed by atoms with Gasteiger partial charge in [-0.05, 0) is 24.3 Å². The number of benzene rings is 2. The smallest absolute Gasteiger partial charge is 0.131 e. The van der Waals surface area contributed by atoms with Gasteiger partial charge in [-0.1, -0.05) is 44.0 Å². The number of hydrogen-bond acceptors (Lipinski definition) is 2. The lowest BCUT2D eigenvalue weighted by atomic mass is 9.93. The molecule has 0 bridgehead atoms. The topological polar surface area (TPSA) is 35.2 Å². The molecule has 1 heterocycles. The Kier molecular flexibility index (Phi) is 3.84. The van der Waals surface area contributed by atoms with E-state index in [1.165, 1.54) is 6.07 Å². The lowest BCUT2D eigenvalue weighted by Gasteiger charge is -2.31. The minimum absolute atomic E-state index is 0.153. The summed E-state index contributed by atoms with van der Waals surface area (Å²) in [5, 5.41) is 0. The second-order valence-electron chi connectivity index (χ2n) is 4.80. The lowest BCUT2D eigenvalue weighted by Crippen LogP contribution is -2.24. The van der Waals surface area contributed by atoms with E-state index in [4.69, 9.17) is 10.5 Å². The molecule has 0 fully saturated rings. The SMILES string of the molecule is NC1CC(c2ccc(Br)cc2F)Oc2cc(Br)ccc21. The molecule has 2 aromatic carbocycles. The third kappa shape index (κ3) is 2.62. The molecule has 0 saturated carbocycles. The fourth-order valence-electron chi connectivity index (χ4n) is 2.43. The molecule has 0 radical (unpaired) electrons. The van der Waals surface area contributed by atoms with Gasteiger partial charge in [0.25, 0.3) is 0 Å². The summed E-state index contributed by atoms with van der Waals surface area (Å²) in [4.78, 5) is 0. The van der Waals surface area contributed by atoms with Gasteiger partial charge < -0.3 is 10.5 Å². The van der Waals surface area contributed by atoms with Gasteiger partial charge in [-0.3, -0.25) is 0 Å². The molecule has 20 heavy (non-hydrogen) atoms. The van der Waals surface area contributed by atoms with Gasteiger partial charge >= 0.3 is 0 Å². The van der Waals surface area contributed by atoms with Crippen molar-refractivity contribution >= 4 is 31.9 Å². The quantitative estimate of drug-likeness (QED) is 0.740. The van der Waals surface area contributed by atoms with Gasteiger partial charge in [-0.25, -0.2) is 4.39 Å². The van der Waals surface area contributed by atoms with Crippen LogP contribution in [0, 0.1) is 5.82 Å². The molecule has 1 aliphatic rings. The van der Waals surface area contributed by atoms with Crippen molar-refractivity contribution in [3.05, 3.63) is 62.3 Å². The largest absolute Gasteiger partial charge is 0.485 e. The van der Waals surface area contributed by atoms with Crippen LogP contribution in [0.1, 0.15) is 29.7 Å². The van der Waals surface area contributed by atoms with Crippen LogP contribution in [-0.4, -0.2) is 0 Å². The van der Waals surface area contributed by atoms with Crippen molar-refractivity contribution in [3.63, 3.8) is 0 Å². The van der Waals surface area contributed by atoms with Crippen molar-refractivity contribution in [2.75, 3.05) is 0 Å². The molecule has 0 aromatic heterocycles. The first-order valence-corrected chi connectivity index (χ1v) is 7.80. The summed E-state index contributed by atoms with van der Waals surface area (Å²) in [7, 11) is 0.